The topological polar surface area (TPSA) is 64.8 Å². The number of rotatable bonds is 9. The number of β-amino-alcohol motifs (C(OH)–C–C–N with tert-alkyl or cyclic N) is 1. The summed E-state index contributed by atoms with van der Waals surface area (Å²) >= 11 is 6.11. The van der Waals surface area contributed by atoms with E-state index in [9.17, 15) is 5.11 Å². The highest BCUT2D eigenvalue weighted by atomic mass is 35.5. The lowest BCUT2D eigenvalue weighted by Crippen LogP contribution is -3.10. The van der Waals surface area contributed by atoms with Crippen molar-refractivity contribution in [2.75, 3.05) is 60.7 Å². The fourth-order valence-electron chi connectivity index (χ4n) is 3.69. The van der Waals surface area contributed by atoms with Crippen LogP contribution < -0.4 is 36.3 Å². The van der Waals surface area contributed by atoms with Crippen LogP contribution in [-0.2, 0) is 0 Å². The maximum absolute atomic E-state index is 10.5. The highest BCUT2D eigenvalue weighted by Crippen LogP contribution is 2.40. The van der Waals surface area contributed by atoms with Gasteiger partial charge < -0.3 is 41.4 Å². The number of piperazine rings is 1. The van der Waals surface area contributed by atoms with Crippen molar-refractivity contribution in [3.05, 3.63) is 41.4 Å². The Bertz CT molecular complexity index is 806. The van der Waals surface area contributed by atoms with Gasteiger partial charge in [-0.05, 0) is 12.1 Å². The van der Waals surface area contributed by atoms with E-state index in [0.29, 0.717) is 29.5 Å². The van der Waals surface area contributed by atoms with Crippen LogP contribution in [0.3, 0.4) is 0 Å². The molecule has 2 aromatic carbocycles. The van der Waals surface area contributed by atoms with Gasteiger partial charge in [0.2, 0.25) is 5.75 Å². The van der Waals surface area contributed by atoms with Crippen molar-refractivity contribution >= 4 is 17.3 Å². The molecule has 1 atom stereocenters. The lowest BCUT2D eigenvalue weighted by atomic mass is 10.2. The summed E-state index contributed by atoms with van der Waals surface area (Å²) in [6.45, 7) is 4.50. The molecule has 0 amide bonds. The zero-order chi connectivity index (χ0) is 21.5. The van der Waals surface area contributed by atoms with Crippen LogP contribution in [0.15, 0.2) is 36.4 Å². The van der Waals surface area contributed by atoms with Crippen LogP contribution in [0.2, 0.25) is 5.02 Å². The number of quaternary nitrogens is 1. The van der Waals surface area contributed by atoms with Gasteiger partial charge in [-0.25, -0.2) is 0 Å². The lowest BCUT2D eigenvalue weighted by Gasteiger charge is -2.33. The molecule has 7 nitrogen and oxygen atoms in total. The first kappa shape index (κ1) is 25.4. The summed E-state index contributed by atoms with van der Waals surface area (Å²) in [5.74, 6) is 2.09. The molecule has 1 aliphatic rings. The van der Waals surface area contributed by atoms with Crippen LogP contribution in [-0.4, -0.2) is 76.8 Å². The minimum absolute atomic E-state index is 0. The third kappa shape index (κ3) is 6.79. The second-order valence-corrected chi connectivity index (χ2v) is 7.68. The number of aliphatic hydroxyl groups excluding tert-OH is 1. The maximum Gasteiger partial charge on any atom is 0.203 e. The Hall–Kier alpha value is -1.90. The minimum atomic E-state index is -0.600. The van der Waals surface area contributed by atoms with Gasteiger partial charge in [-0.1, -0.05) is 17.7 Å². The zero-order valence-corrected chi connectivity index (χ0v) is 19.6. The molecule has 3 rings (SSSR count). The molecule has 0 aromatic heterocycles. The van der Waals surface area contributed by atoms with Crippen LogP contribution in [0.5, 0.6) is 23.0 Å². The van der Waals surface area contributed by atoms with E-state index in [-0.39, 0.29) is 19.0 Å². The number of ether oxygens (including phenoxy) is 4. The molecule has 2 aromatic rings. The molecule has 1 aliphatic heterocycles. The Morgan fingerprint density at radius 2 is 1.68 bits per heavy atom. The summed E-state index contributed by atoms with van der Waals surface area (Å²) in [7, 11) is 4.67. The molecule has 0 spiro atoms. The first-order chi connectivity index (χ1) is 14.5. The number of aliphatic hydroxyl groups is 1. The quantitative estimate of drug-likeness (QED) is 0.470. The SMILES string of the molecule is COc1cc(OCC(O)CN2CC[NH+](c3cccc(Cl)c3)CC2)cc(OC)c1OC.[Cl-]. The van der Waals surface area contributed by atoms with Crippen molar-refractivity contribution in [3.63, 3.8) is 0 Å². The van der Waals surface area contributed by atoms with Gasteiger partial charge in [-0.3, -0.25) is 4.90 Å². The largest absolute Gasteiger partial charge is 1.00 e. The Labute approximate surface area is 194 Å². The Balaban J connectivity index is 0.00000341. The monoisotopic (exact) mass is 472 g/mol. The van der Waals surface area contributed by atoms with Crippen LogP contribution in [0, 0.1) is 0 Å². The molecular formula is C22H30Cl2N2O5. The second-order valence-electron chi connectivity index (χ2n) is 7.24. The molecule has 0 saturated carbocycles. The predicted molar refractivity (Wildman–Crippen MR) is 116 cm³/mol. The molecule has 31 heavy (non-hydrogen) atoms. The molecular weight excluding hydrogens is 443 g/mol. The molecule has 1 heterocycles. The van der Waals surface area contributed by atoms with E-state index < -0.39 is 6.10 Å². The minimum Gasteiger partial charge on any atom is -1.00 e. The summed E-state index contributed by atoms with van der Waals surface area (Å²) < 4.78 is 21.8. The van der Waals surface area contributed by atoms with Crippen LogP contribution >= 0.6 is 11.6 Å². The molecule has 1 unspecified atom stereocenters. The Morgan fingerprint density at radius 3 is 2.23 bits per heavy atom. The smallest absolute Gasteiger partial charge is 0.203 e. The molecule has 0 radical (unpaired) electrons. The van der Waals surface area contributed by atoms with Crippen LogP contribution in [0.1, 0.15) is 0 Å². The van der Waals surface area contributed by atoms with Crippen molar-refractivity contribution in [2.45, 2.75) is 6.10 Å². The summed E-state index contributed by atoms with van der Waals surface area (Å²) in [6, 6.07) is 11.5. The van der Waals surface area contributed by atoms with E-state index in [2.05, 4.69) is 11.0 Å². The molecule has 9 heteroatoms. The number of nitrogens with one attached hydrogen (secondary N) is 1. The van der Waals surface area contributed by atoms with Gasteiger partial charge in [0, 0.05) is 42.9 Å². The average Bonchev–Trinajstić information content (AvgIpc) is 2.77. The molecule has 1 saturated heterocycles. The zero-order valence-electron chi connectivity index (χ0n) is 18.1. The van der Waals surface area contributed by atoms with Crippen molar-refractivity contribution in [2.24, 2.45) is 0 Å². The number of halogens is 2. The number of hydrogen-bond donors (Lipinski definition) is 2. The summed E-state index contributed by atoms with van der Waals surface area (Å²) in [6.07, 6.45) is -0.600. The lowest BCUT2D eigenvalue weighted by molar-refractivity contribution is -0.838. The third-order valence-corrected chi connectivity index (χ3v) is 5.48. The van der Waals surface area contributed by atoms with E-state index >= 15 is 0 Å². The maximum atomic E-state index is 10.5. The van der Waals surface area contributed by atoms with E-state index in [4.69, 9.17) is 30.5 Å². The van der Waals surface area contributed by atoms with Crippen LogP contribution in [0.4, 0.5) is 5.69 Å². The van der Waals surface area contributed by atoms with E-state index in [1.807, 2.05) is 18.2 Å². The summed E-state index contributed by atoms with van der Waals surface area (Å²) in [4.78, 5) is 3.67. The van der Waals surface area contributed by atoms with Crippen molar-refractivity contribution in [1.82, 2.24) is 4.90 Å². The first-order valence-corrected chi connectivity index (χ1v) is 10.4. The van der Waals surface area contributed by atoms with Crippen molar-refractivity contribution in [3.8, 4) is 23.0 Å². The van der Waals surface area contributed by atoms with Gasteiger partial charge in [0.15, 0.2) is 11.5 Å². The molecule has 1 fully saturated rings. The van der Waals surface area contributed by atoms with E-state index in [1.54, 1.807) is 33.5 Å². The number of benzene rings is 2. The number of nitrogens with zero attached hydrogens (tertiary/aromatic N) is 1. The van der Waals surface area contributed by atoms with Gasteiger partial charge in [0.25, 0.3) is 0 Å². The second kappa shape index (κ2) is 12.2. The molecule has 2 N–H and O–H groups in total. The van der Waals surface area contributed by atoms with Gasteiger partial charge in [-0.15, -0.1) is 0 Å². The Kier molecular flexibility index (Phi) is 9.99. The molecule has 0 bridgehead atoms. The van der Waals surface area contributed by atoms with Crippen LogP contribution in [0.25, 0.3) is 0 Å². The average molecular weight is 473 g/mol. The van der Waals surface area contributed by atoms with Gasteiger partial charge in [0.1, 0.15) is 24.1 Å². The van der Waals surface area contributed by atoms with Crippen molar-refractivity contribution < 1.29 is 41.4 Å². The third-order valence-electron chi connectivity index (χ3n) is 5.24. The fourth-order valence-corrected chi connectivity index (χ4v) is 3.88. The predicted octanol–water partition coefficient (Wildman–Crippen LogP) is -1.36. The fraction of sp³-hybridized carbons (Fsp3) is 0.455. The standard InChI is InChI=1S/C22H29ClN2O5.ClH/c1-27-20-12-19(13-21(28-2)22(20)29-3)30-15-18(26)14-24-7-9-25(10-8-24)17-6-4-5-16(23)11-17;/h4-6,11-13,18,26H,7-10,14-15H2,1-3H3;1H. The number of methoxy groups -OCH3 is 3. The van der Waals surface area contributed by atoms with E-state index in [0.717, 1.165) is 31.2 Å². The normalized spacial score (nSPS) is 15.6. The number of hydrogen-bond acceptors (Lipinski definition) is 6. The van der Waals surface area contributed by atoms with Gasteiger partial charge in [-0.2, -0.15) is 0 Å². The molecule has 172 valence electrons. The van der Waals surface area contributed by atoms with Gasteiger partial charge in [0.05, 0.1) is 34.4 Å². The molecule has 0 aliphatic carbocycles. The highest BCUT2D eigenvalue weighted by molar-refractivity contribution is 6.30. The van der Waals surface area contributed by atoms with Crippen molar-refractivity contribution in [1.29, 1.82) is 0 Å². The van der Waals surface area contributed by atoms with Gasteiger partial charge >= 0.3 is 0 Å². The van der Waals surface area contributed by atoms with E-state index in [1.165, 1.54) is 10.6 Å². The summed E-state index contributed by atoms with van der Waals surface area (Å²) in [5.41, 5.74) is 1.22. The highest BCUT2D eigenvalue weighted by Gasteiger charge is 2.24. The Morgan fingerprint density at radius 1 is 1.03 bits per heavy atom. The first-order valence-electron chi connectivity index (χ1n) is 9.98. The summed E-state index contributed by atoms with van der Waals surface area (Å²) in [5, 5.41) is 11.2.